The van der Waals surface area contributed by atoms with E-state index in [1.54, 1.807) is 19.2 Å². The van der Waals surface area contributed by atoms with Crippen LogP contribution < -0.4 is 5.32 Å². The van der Waals surface area contributed by atoms with Crippen LogP contribution in [0.4, 0.5) is 9.18 Å². The topological polar surface area (TPSA) is 152 Å². The van der Waals surface area contributed by atoms with Gasteiger partial charge in [0.1, 0.15) is 11.9 Å². The molecule has 0 spiro atoms. The molecular formula is C29H35FN2O8S. The molecular weight excluding hydrogens is 555 g/mol. The maximum absolute atomic E-state index is 13.6. The standard InChI is InChI=1S/C29H33FN2O4.H2O4S/c1-3-35-29(34)32-23-10-11-24-20(14-23)15-26-27(17(2)36-28(26)33)25(24)12-9-22-8-7-19(16-31-22)18-5-4-6-21(30)13-18;1-5(2,3)4/h4-9,12-13,16-17,20,23-27H,3,10-11,14-15H2,1-2H3,(H,32,34);(H2,1,2,3,4)/t17-,20-,23-,24-,25+,26-,27-;/m1./s1. The molecule has 10 nitrogen and oxygen atoms in total. The Hall–Kier alpha value is -3.35. The third-order valence-corrected chi connectivity index (χ3v) is 8.18. The lowest BCUT2D eigenvalue weighted by Crippen LogP contribution is -2.48. The number of carbonyl (C=O) groups excluding carboxylic acids is 2. The predicted octanol–water partition coefficient (Wildman–Crippen LogP) is 4.98. The first-order chi connectivity index (χ1) is 19.4. The van der Waals surface area contributed by atoms with Crippen molar-refractivity contribution in [1.29, 1.82) is 0 Å². The van der Waals surface area contributed by atoms with Crippen molar-refractivity contribution in [2.75, 3.05) is 6.61 Å². The summed E-state index contributed by atoms with van der Waals surface area (Å²) in [6.45, 7) is 4.15. The maximum atomic E-state index is 13.6. The fourth-order valence-corrected chi connectivity index (χ4v) is 6.64. The average Bonchev–Trinajstić information content (AvgIpc) is 3.18. The quantitative estimate of drug-likeness (QED) is 0.323. The van der Waals surface area contributed by atoms with Crippen LogP contribution in [0.1, 0.15) is 45.2 Å². The van der Waals surface area contributed by atoms with Gasteiger partial charge in [0.05, 0.1) is 18.2 Å². The Kier molecular flexibility index (Phi) is 9.77. The smallest absolute Gasteiger partial charge is 0.407 e. The summed E-state index contributed by atoms with van der Waals surface area (Å²) in [6.07, 6.45) is 9.07. The number of carbonyl (C=O) groups is 2. The van der Waals surface area contributed by atoms with Crippen LogP contribution in [0.25, 0.3) is 17.2 Å². The lowest BCUT2D eigenvalue weighted by molar-refractivity contribution is -0.144. The molecule has 3 aliphatic rings. The molecule has 1 saturated heterocycles. The van der Waals surface area contributed by atoms with E-state index in [1.165, 1.54) is 12.1 Å². The number of benzene rings is 1. The van der Waals surface area contributed by atoms with Gasteiger partial charge in [0.25, 0.3) is 0 Å². The van der Waals surface area contributed by atoms with E-state index < -0.39 is 10.4 Å². The largest absolute Gasteiger partial charge is 0.462 e. The Morgan fingerprint density at radius 2 is 1.95 bits per heavy atom. The number of allylic oxidation sites excluding steroid dienone is 1. The van der Waals surface area contributed by atoms with Crippen molar-refractivity contribution >= 4 is 28.5 Å². The van der Waals surface area contributed by atoms with E-state index in [9.17, 15) is 14.0 Å². The molecule has 2 aliphatic carbocycles. The maximum Gasteiger partial charge on any atom is 0.407 e. The second kappa shape index (κ2) is 13.1. The van der Waals surface area contributed by atoms with Crippen molar-refractivity contribution in [3.63, 3.8) is 0 Å². The minimum atomic E-state index is -4.67. The van der Waals surface area contributed by atoms with E-state index in [4.69, 9.17) is 27.0 Å². The zero-order valence-corrected chi connectivity index (χ0v) is 23.7. The summed E-state index contributed by atoms with van der Waals surface area (Å²) in [6, 6.07) is 10.4. The SMILES string of the molecule is CCOC(=O)N[C@@H]1CC[C@@H]2[C@H](C1)C[C@H]1C(=O)O[C@H](C)[C@@H]1[C@H]2C=Cc1ccc(-c2cccc(F)c2)cn1.O=S(=O)(O)O. The minimum Gasteiger partial charge on any atom is -0.462 e. The summed E-state index contributed by atoms with van der Waals surface area (Å²) in [5, 5.41) is 3.00. The van der Waals surface area contributed by atoms with Gasteiger partial charge in [-0.2, -0.15) is 8.42 Å². The number of fused-ring (bicyclic) bond motifs is 2. The molecule has 2 saturated carbocycles. The molecule has 2 aromatic rings. The highest BCUT2D eigenvalue weighted by atomic mass is 32.3. The average molecular weight is 591 g/mol. The van der Waals surface area contributed by atoms with Crippen LogP contribution >= 0.6 is 0 Å². The van der Waals surface area contributed by atoms with Crippen LogP contribution in [0.2, 0.25) is 0 Å². The molecule has 1 aliphatic heterocycles. The monoisotopic (exact) mass is 590 g/mol. The second-order valence-electron chi connectivity index (χ2n) is 10.7. The molecule has 1 aromatic carbocycles. The van der Waals surface area contributed by atoms with E-state index in [0.29, 0.717) is 18.4 Å². The van der Waals surface area contributed by atoms with Crippen LogP contribution in [0, 0.1) is 35.4 Å². The fraction of sp³-hybridized carbons (Fsp3) is 0.483. The zero-order chi connectivity index (χ0) is 29.7. The number of nitrogens with zero attached hydrogens (tertiary/aromatic N) is 1. The Morgan fingerprint density at radius 1 is 1.20 bits per heavy atom. The summed E-state index contributed by atoms with van der Waals surface area (Å²) < 4.78 is 55.9. The molecule has 7 atom stereocenters. The summed E-state index contributed by atoms with van der Waals surface area (Å²) >= 11 is 0. The van der Waals surface area contributed by atoms with E-state index in [1.807, 2.05) is 31.2 Å². The van der Waals surface area contributed by atoms with Crippen LogP contribution in [0.15, 0.2) is 48.7 Å². The number of halogens is 1. The van der Waals surface area contributed by atoms with Crippen LogP contribution in [0.5, 0.6) is 0 Å². The highest BCUT2D eigenvalue weighted by molar-refractivity contribution is 7.79. The normalized spacial score (nSPS) is 29.0. The number of rotatable bonds is 5. The van der Waals surface area contributed by atoms with Crippen LogP contribution in [0.3, 0.4) is 0 Å². The molecule has 2 heterocycles. The van der Waals surface area contributed by atoms with Crippen molar-refractivity contribution < 1.29 is 41.0 Å². The number of esters is 1. The first-order valence-electron chi connectivity index (χ1n) is 13.7. The summed E-state index contributed by atoms with van der Waals surface area (Å²) in [5.74, 6) is 0.629. The lowest BCUT2D eigenvalue weighted by atomic mass is 9.57. The molecule has 222 valence electrons. The van der Waals surface area contributed by atoms with Gasteiger partial charge < -0.3 is 14.8 Å². The fourth-order valence-electron chi connectivity index (χ4n) is 6.64. The molecule has 0 unspecified atom stereocenters. The van der Waals surface area contributed by atoms with E-state index in [2.05, 4.69) is 16.4 Å². The Bertz CT molecular complexity index is 1360. The van der Waals surface area contributed by atoms with Gasteiger partial charge in [0.2, 0.25) is 0 Å². The number of ether oxygens (including phenoxy) is 2. The van der Waals surface area contributed by atoms with Gasteiger partial charge >= 0.3 is 22.5 Å². The summed E-state index contributed by atoms with van der Waals surface area (Å²) in [4.78, 5) is 29.2. The van der Waals surface area contributed by atoms with Gasteiger partial charge in [0.15, 0.2) is 0 Å². The van der Waals surface area contributed by atoms with Gasteiger partial charge in [0, 0.05) is 23.7 Å². The van der Waals surface area contributed by atoms with Gasteiger partial charge in [-0.15, -0.1) is 0 Å². The lowest BCUT2D eigenvalue weighted by Gasteiger charge is -2.47. The van der Waals surface area contributed by atoms with Crippen LogP contribution in [-0.4, -0.2) is 53.3 Å². The van der Waals surface area contributed by atoms with Crippen molar-refractivity contribution in [2.24, 2.45) is 29.6 Å². The number of cyclic esters (lactones) is 1. The highest BCUT2D eigenvalue weighted by Crippen LogP contribution is 2.53. The van der Waals surface area contributed by atoms with Gasteiger partial charge in [-0.3, -0.25) is 18.9 Å². The molecule has 41 heavy (non-hydrogen) atoms. The zero-order valence-electron chi connectivity index (χ0n) is 22.9. The molecule has 0 bridgehead atoms. The van der Waals surface area contributed by atoms with Gasteiger partial charge in [-0.05, 0) is 87.1 Å². The first kappa shape index (κ1) is 30.6. The Morgan fingerprint density at radius 3 is 2.61 bits per heavy atom. The molecule has 0 radical (unpaired) electrons. The first-order valence-corrected chi connectivity index (χ1v) is 15.1. The van der Waals surface area contributed by atoms with Crippen molar-refractivity contribution in [2.45, 2.75) is 51.7 Å². The van der Waals surface area contributed by atoms with Crippen molar-refractivity contribution in [3.8, 4) is 11.1 Å². The summed E-state index contributed by atoms with van der Waals surface area (Å²) in [5.41, 5.74) is 2.48. The minimum absolute atomic E-state index is 0.0679. The van der Waals surface area contributed by atoms with Crippen LogP contribution in [-0.2, 0) is 24.7 Å². The van der Waals surface area contributed by atoms with Crippen molar-refractivity contribution in [1.82, 2.24) is 10.3 Å². The molecule has 5 rings (SSSR count). The van der Waals surface area contributed by atoms with Gasteiger partial charge in [-0.1, -0.05) is 24.3 Å². The molecule has 3 fully saturated rings. The predicted molar refractivity (Wildman–Crippen MR) is 148 cm³/mol. The number of alkyl carbamates (subject to hydrolysis) is 1. The summed E-state index contributed by atoms with van der Waals surface area (Å²) in [7, 11) is -4.67. The number of hydrogen-bond donors (Lipinski definition) is 3. The Labute approximate surface area is 238 Å². The number of amides is 1. The molecule has 3 N–H and O–H groups in total. The number of nitrogens with one attached hydrogen (secondary N) is 1. The second-order valence-corrected chi connectivity index (χ2v) is 11.6. The molecule has 1 amide bonds. The van der Waals surface area contributed by atoms with Gasteiger partial charge in [-0.25, -0.2) is 9.18 Å². The number of hydrogen-bond acceptors (Lipinski definition) is 7. The molecule has 1 aromatic heterocycles. The Balaban J connectivity index is 0.000000714. The third kappa shape index (κ3) is 8.11. The number of aromatic nitrogens is 1. The van der Waals surface area contributed by atoms with Crippen molar-refractivity contribution in [3.05, 3.63) is 60.2 Å². The van der Waals surface area contributed by atoms with E-state index >= 15 is 0 Å². The van der Waals surface area contributed by atoms with E-state index in [-0.39, 0.29) is 47.8 Å². The number of pyridine rings is 1. The highest BCUT2D eigenvalue weighted by Gasteiger charge is 2.54. The third-order valence-electron chi connectivity index (χ3n) is 8.18. The molecule has 12 heteroatoms. The van der Waals surface area contributed by atoms with E-state index in [0.717, 1.165) is 42.5 Å².